The Kier molecular flexibility index (Phi) is 16.2. The van der Waals surface area contributed by atoms with Crippen LogP contribution in [-0.2, 0) is 19.0 Å². The molecule has 7 N–H and O–H groups in total. The van der Waals surface area contributed by atoms with Crippen LogP contribution < -0.4 is 5.32 Å². The van der Waals surface area contributed by atoms with Crippen LogP contribution in [0, 0.1) is 5.92 Å². The van der Waals surface area contributed by atoms with Crippen LogP contribution in [0.25, 0.3) is 0 Å². The zero-order chi connectivity index (χ0) is 27.9. The van der Waals surface area contributed by atoms with Crippen molar-refractivity contribution in [3.8, 4) is 0 Å². The number of aliphatic hydroxyl groups is 6. The molecule has 0 aromatic rings. The Morgan fingerprint density at radius 2 is 1.63 bits per heavy atom. The summed E-state index contributed by atoms with van der Waals surface area (Å²) in [5, 5.41) is 62.7. The third-order valence-corrected chi connectivity index (χ3v) is 7.65. The van der Waals surface area contributed by atoms with Crippen molar-refractivity contribution in [3.63, 3.8) is 0 Å². The molecule has 0 radical (unpaired) electrons. The van der Waals surface area contributed by atoms with Gasteiger partial charge >= 0.3 is 0 Å². The summed E-state index contributed by atoms with van der Waals surface area (Å²) in [5.74, 6) is 0.469. The summed E-state index contributed by atoms with van der Waals surface area (Å²) in [6.07, 6.45) is 2.14. The largest absolute Gasteiger partial charge is 0.394 e. The number of carbonyl (C=O) groups excluding carboxylic acids is 1. The summed E-state index contributed by atoms with van der Waals surface area (Å²) in [4.78, 5) is 12.5. The molecule has 1 amide bonds. The minimum Gasteiger partial charge on any atom is -0.394 e. The monoisotopic (exact) mass is 549 g/mol. The van der Waals surface area contributed by atoms with Crippen molar-refractivity contribution < 1.29 is 49.6 Å². The molecular weight excluding hydrogens is 498 g/mol. The lowest BCUT2D eigenvalue weighted by molar-refractivity contribution is -0.303. The van der Waals surface area contributed by atoms with Crippen molar-refractivity contribution in [2.24, 2.45) is 5.92 Å². The molecule has 6 unspecified atom stereocenters. The number of carbonyl (C=O) groups is 1. The molecule has 0 aromatic heterocycles. The Balaban J connectivity index is 1.66. The molecule has 2 saturated heterocycles. The van der Waals surface area contributed by atoms with Crippen LogP contribution in [0.5, 0.6) is 0 Å². The fourth-order valence-corrected chi connectivity index (χ4v) is 5.01. The van der Waals surface area contributed by atoms with Crippen molar-refractivity contribution >= 4 is 5.91 Å². The number of ether oxygens (including phenoxy) is 3. The Morgan fingerprint density at radius 3 is 2.24 bits per heavy atom. The molecule has 11 heteroatoms. The van der Waals surface area contributed by atoms with E-state index in [0.29, 0.717) is 6.42 Å². The molecule has 2 heterocycles. The van der Waals surface area contributed by atoms with E-state index in [2.05, 4.69) is 5.32 Å². The SMILES string of the molecule is CC[C@@H](O)[C@@H](O)[C@H](COC1OC(CO)C(O)C(O)C1O)NC(=O)CCCCCCCCCCC1CCOC1. The van der Waals surface area contributed by atoms with E-state index < -0.39 is 55.6 Å². The second-order valence-corrected chi connectivity index (χ2v) is 10.8. The minimum absolute atomic E-state index is 0.253. The number of aliphatic hydroxyl groups excluding tert-OH is 6. The third-order valence-electron chi connectivity index (χ3n) is 7.65. The number of nitrogens with one attached hydrogen (secondary N) is 1. The Labute approximate surface area is 226 Å². The third kappa shape index (κ3) is 11.3. The maximum atomic E-state index is 12.5. The van der Waals surface area contributed by atoms with Gasteiger partial charge in [0, 0.05) is 19.6 Å². The standard InChI is InChI=1S/C27H51NO10/c1-2-20(30)23(32)19(17-37-27-26(35)25(34)24(33)21(15-29)38-27)28-22(31)12-10-8-6-4-3-5-7-9-11-18-13-14-36-16-18/h18-21,23-27,29-30,32-35H,2-17H2,1H3,(H,28,31)/t18?,19-,20+,21?,23-,24?,25?,26?,27?/m0/s1. The average molecular weight is 550 g/mol. The molecule has 2 rings (SSSR count). The van der Waals surface area contributed by atoms with Gasteiger partial charge in [-0.1, -0.05) is 51.9 Å². The van der Waals surface area contributed by atoms with E-state index >= 15 is 0 Å². The van der Waals surface area contributed by atoms with Gasteiger partial charge in [0.05, 0.1) is 25.4 Å². The second-order valence-electron chi connectivity index (χ2n) is 10.8. The van der Waals surface area contributed by atoms with Crippen molar-refractivity contribution in [1.29, 1.82) is 0 Å². The summed E-state index contributed by atoms with van der Waals surface area (Å²) in [6.45, 7) is 2.62. The van der Waals surface area contributed by atoms with Gasteiger partial charge in [-0.05, 0) is 31.6 Å². The summed E-state index contributed by atoms with van der Waals surface area (Å²) in [7, 11) is 0. The first-order chi connectivity index (χ1) is 18.3. The number of amides is 1. The van der Waals surface area contributed by atoms with Crippen molar-refractivity contribution in [1.82, 2.24) is 5.32 Å². The molecule has 0 bridgehead atoms. The van der Waals surface area contributed by atoms with Crippen molar-refractivity contribution in [2.75, 3.05) is 26.4 Å². The topological polar surface area (TPSA) is 178 Å². The molecular formula is C27H51NO10. The molecule has 224 valence electrons. The summed E-state index contributed by atoms with van der Waals surface area (Å²) >= 11 is 0. The average Bonchev–Trinajstić information content (AvgIpc) is 3.44. The molecule has 2 aliphatic rings. The first kappa shape index (κ1) is 33.3. The molecule has 9 atom stereocenters. The second kappa shape index (κ2) is 18.5. The van der Waals surface area contributed by atoms with Gasteiger partial charge in [-0.2, -0.15) is 0 Å². The maximum Gasteiger partial charge on any atom is 0.220 e. The molecule has 38 heavy (non-hydrogen) atoms. The van der Waals surface area contributed by atoms with Crippen LogP contribution in [0.4, 0.5) is 0 Å². The predicted molar refractivity (Wildman–Crippen MR) is 139 cm³/mol. The fraction of sp³-hybridized carbons (Fsp3) is 0.963. The highest BCUT2D eigenvalue weighted by atomic mass is 16.7. The van der Waals surface area contributed by atoms with Crippen LogP contribution in [-0.4, -0.2) is 112 Å². The minimum atomic E-state index is -1.60. The van der Waals surface area contributed by atoms with Gasteiger partial charge < -0.3 is 50.2 Å². The number of hydrogen-bond donors (Lipinski definition) is 7. The van der Waals surface area contributed by atoms with E-state index in [0.717, 1.165) is 38.4 Å². The van der Waals surface area contributed by atoms with Gasteiger partial charge in [0.2, 0.25) is 5.91 Å². The van der Waals surface area contributed by atoms with E-state index in [1.807, 2.05) is 0 Å². The van der Waals surface area contributed by atoms with Crippen molar-refractivity contribution in [2.45, 2.75) is 133 Å². The first-order valence-electron chi connectivity index (χ1n) is 14.4. The Morgan fingerprint density at radius 1 is 0.974 bits per heavy atom. The van der Waals surface area contributed by atoms with E-state index in [-0.39, 0.29) is 25.4 Å². The fourth-order valence-electron chi connectivity index (χ4n) is 5.01. The van der Waals surface area contributed by atoms with E-state index in [1.165, 1.54) is 38.5 Å². The molecule has 0 saturated carbocycles. The first-order valence-corrected chi connectivity index (χ1v) is 14.4. The van der Waals surface area contributed by atoms with Gasteiger partial charge in [-0.25, -0.2) is 0 Å². The lowest BCUT2D eigenvalue weighted by Gasteiger charge is -2.40. The summed E-state index contributed by atoms with van der Waals surface area (Å²) < 4.78 is 16.2. The highest BCUT2D eigenvalue weighted by Crippen LogP contribution is 2.23. The number of rotatable bonds is 19. The molecule has 2 aliphatic heterocycles. The van der Waals surface area contributed by atoms with Gasteiger partial charge in [0.25, 0.3) is 0 Å². The predicted octanol–water partition coefficient (Wildman–Crippen LogP) is 0.357. The van der Waals surface area contributed by atoms with E-state index in [9.17, 15) is 35.4 Å². The molecule has 11 nitrogen and oxygen atoms in total. The lowest BCUT2D eigenvalue weighted by Crippen LogP contribution is -2.60. The van der Waals surface area contributed by atoms with Crippen LogP contribution >= 0.6 is 0 Å². The molecule has 0 aromatic carbocycles. The van der Waals surface area contributed by atoms with E-state index in [1.54, 1.807) is 6.92 Å². The molecule has 0 aliphatic carbocycles. The Bertz CT molecular complexity index is 633. The number of unbranched alkanes of at least 4 members (excludes halogenated alkanes) is 7. The molecule has 0 spiro atoms. The molecule has 2 fully saturated rings. The van der Waals surface area contributed by atoms with Gasteiger partial charge in [0.1, 0.15) is 30.5 Å². The number of hydrogen-bond acceptors (Lipinski definition) is 10. The zero-order valence-electron chi connectivity index (χ0n) is 22.8. The van der Waals surface area contributed by atoms with Gasteiger partial charge in [0.15, 0.2) is 6.29 Å². The van der Waals surface area contributed by atoms with Crippen LogP contribution in [0.2, 0.25) is 0 Å². The zero-order valence-corrected chi connectivity index (χ0v) is 22.8. The highest BCUT2D eigenvalue weighted by Gasteiger charge is 2.44. The smallest absolute Gasteiger partial charge is 0.220 e. The van der Waals surface area contributed by atoms with Gasteiger partial charge in [-0.15, -0.1) is 0 Å². The summed E-state index contributed by atoms with van der Waals surface area (Å²) in [5.41, 5.74) is 0. The van der Waals surface area contributed by atoms with Crippen LogP contribution in [0.3, 0.4) is 0 Å². The highest BCUT2D eigenvalue weighted by molar-refractivity contribution is 5.76. The Hall–Kier alpha value is -0.890. The maximum absolute atomic E-state index is 12.5. The van der Waals surface area contributed by atoms with E-state index in [4.69, 9.17) is 14.2 Å². The van der Waals surface area contributed by atoms with Crippen molar-refractivity contribution in [3.05, 3.63) is 0 Å². The van der Waals surface area contributed by atoms with Gasteiger partial charge in [-0.3, -0.25) is 4.79 Å². The normalized spacial score (nSPS) is 30.2. The van der Waals surface area contributed by atoms with Crippen LogP contribution in [0.1, 0.15) is 84.0 Å². The summed E-state index contributed by atoms with van der Waals surface area (Å²) in [6, 6.07) is -0.986. The quantitative estimate of drug-likeness (QED) is 0.111. The van der Waals surface area contributed by atoms with Crippen LogP contribution in [0.15, 0.2) is 0 Å². The lowest BCUT2D eigenvalue weighted by atomic mass is 9.99.